The fraction of sp³-hybridized carbons (Fsp3) is 0.300. The van der Waals surface area contributed by atoms with Gasteiger partial charge >= 0.3 is 0 Å². The molecule has 1 aromatic carbocycles. The Bertz CT molecular complexity index is 908. The van der Waals surface area contributed by atoms with Gasteiger partial charge in [0.25, 0.3) is 5.89 Å². The highest BCUT2D eigenvalue weighted by Crippen LogP contribution is 2.25. The summed E-state index contributed by atoms with van der Waals surface area (Å²) in [4.78, 5) is 23.4. The van der Waals surface area contributed by atoms with Gasteiger partial charge in [0.05, 0.1) is 19.6 Å². The Morgan fingerprint density at radius 3 is 2.85 bits per heavy atom. The molecule has 0 unspecified atom stereocenters. The molecule has 3 aromatic rings. The fourth-order valence-electron chi connectivity index (χ4n) is 3.06. The van der Waals surface area contributed by atoms with Gasteiger partial charge in [0, 0.05) is 24.0 Å². The Hall–Kier alpha value is -3.06. The van der Waals surface area contributed by atoms with Gasteiger partial charge in [0.15, 0.2) is 5.82 Å². The van der Waals surface area contributed by atoms with Crippen LogP contribution in [0.4, 0.5) is 0 Å². The molecule has 0 bridgehead atoms. The first kappa shape index (κ1) is 17.4. The summed E-state index contributed by atoms with van der Waals surface area (Å²) in [6, 6.07) is 13.0. The van der Waals surface area contributed by atoms with Crippen molar-refractivity contribution in [2.75, 3.05) is 19.8 Å². The first-order chi connectivity index (χ1) is 13.2. The summed E-state index contributed by atoms with van der Waals surface area (Å²) in [5.74, 6) is 0.898. The second-order valence-corrected chi connectivity index (χ2v) is 6.49. The predicted molar refractivity (Wildman–Crippen MR) is 97.7 cm³/mol. The summed E-state index contributed by atoms with van der Waals surface area (Å²) in [5, 5.41) is 4.10. The largest absolute Gasteiger partial charge is 0.377 e. The summed E-state index contributed by atoms with van der Waals surface area (Å²) < 4.78 is 11.0. The molecule has 0 aliphatic carbocycles. The maximum Gasteiger partial charge on any atom is 0.257 e. The Morgan fingerprint density at radius 1 is 1.22 bits per heavy atom. The van der Waals surface area contributed by atoms with E-state index >= 15 is 0 Å². The second-order valence-electron chi connectivity index (χ2n) is 6.49. The normalized spacial score (nSPS) is 17.1. The maximum atomic E-state index is 12.9. The summed E-state index contributed by atoms with van der Waals surface area (Å²) in [7, 11) is 0. The van der Waals surface area contributed by atoms with E-state index in [4.69, 9.17) is 9.26 Å². The van der Waals surface area contributed by atoms with Gasteiger partial charge in [-0.15, -0.1) is 0 Å². The quantitative estimate of drug-likeness (QED) is 0.708. The molecule has 1 aliphatic rings. The molecule has 1 aliphatic heterocycles. The molecule has 2 aromatic heterocycles. The number of nitrogens with zero attached hydrogens (tertiary/aromatic N) is 4. The molecule has 27 heavy (non-hydrogen) atoms. The van der Waals surface area contributed by atoms with Crippen molar-refractivity contribution >= 4 is 5.91 Å². The molecule has 0 saturated carbocycles. The molecule has 0 N–H and O–H groups in total. The van der Waals surface area contributed by atoms with E-state index in [0.717, 1.165) is 16.8 Å². The van der Waals surface area contributed by atoms with Crippen molar-refractivity contribution in [3.8, 4) is 11.5 Å². The van der Waals surface area contributed by atoms with Gasteiger partial charge in [-0.1, -0.05) is 29.4 Å². The van der Waals surface area contributed by atoms with Gasteiger partial charge in [0.1, 0.15) is 6.04 Å². The van der Waals surface area contributed by atoms with Gasteiger partial charge < -0.3 is 14.2 Å². The van der Waals surface area contributed by atoms with E-state index < -0.39 is 0 Å². The Balaban J connectivity index is 1.53. The highest BCUT2D eigenvalue weighted by atomic mass is 16.5. The third-order valence-electron chi connectivity index (χ3n) is 4.54. The first-order valence-corrected chi connectivity index (χ1v) is 8.88. The number of hydrogen-bond donors (Lipinski definition) is 0. The summed E-state index contributed by atoms with van der Waals surface area (Å²) in [5.41, 5.74) is 2.65. The van der Waals surface area contributed by atoms with Gasteiger partial charge in [-0.05, 0) is 30.7 Å². The Labute approximate surface area is 157 Å². The zero-order valence-corrected chi connectivity index (χ0v) is 15.0. The molecular formula is C20H20N4O3. The minimum atomic E-state index is -0.356. The van der Waals surface area contributed by atoms with Crippen LogP contribution in [0, 0.1) is 6.92 Å². The molecule has 3 heterocycles. The predicted octanol–water partition coefficient (Wildman–Crippen LogP) is 2.58. The fourth-order valence-corrected chi connectivity index (χ4v) is 3.06. The summed E-state index contributed by atoms with van der Waals surface area (Å²) >= 11 is 0. The van der Waals surface area contributed by atoms with Crippen molar-refractivity contribution < 1.29 is 14.1 Å². The van der Waals surface area contributed by atoms with E-state index in [2.05, 4.69) is 15.1 Å². The van der Waals surface area contributed by atoms with E-state index in [-0.39, 0.29) is 18.4 Å². The minimum absolute atomic E-state index is 0.0000131. The van der Waals surface area contributed by atoms with Crippen LogP contribution in [-0.2, 0) is 16.0 Å². The van der Waals surface area contributed by atoms with Crippen LogP contribution >= 0.6 is 0 Å². The molecule has 7 nitrogen and oxygen atoms in total. The monoisotopic (exact) mass is 364 g/mol. The zero-order valence-electron chi connectivity index (χ0n) is 15.0. The number of pyridine rings is 1. The van der Waals surface area contributed by atoms with Crippen LogP contribution in [-0.4, -0.2) is 45.7 Å². The lowest BCUT2D eigenvalue weighted by Crippen LogP contribution is -2.44. The lowest BCUT2D eigenvalue weighted by atomic mass is 10.1. The van der Waals surface area contributed by atoms with E-state index in [1.165, 1.54) is 0 Å². The average molecular weight is 364 g/mol. The van der Waals surface area contributed by atoms with Crippen LogP contribution < -0.4 is 0 Å². The zero-order chi connectivity index (χ0) is 18.6. The number of amides is 1. The Kier molecular flexibility index (Phi) is 4.93. The Morgan fingerprint density at radius 2 is 2.07 bits per heavy atom. The number of aromatic nitrogens is 3. The number of morpholine rings is 1. The highest BCUT2D eigenvalue weighted by molar-refractivity contribution is 5.79. The van der Waals surface area contributed by atoms with Gasteiger partial charge in [-0.2, -0.15) is 4.98 Å². The first-order valence-electron chi connectivity index (χ1n) is 8.88. The van der Waals surface area contributed by atoms with Crippen LogP contribution in [0.15, 0.2) is 53.2 Å². The standard InChI is InChI=1S/C20H20N4O3/c1-14-7-8-15(12-21-14)11-18(25)24-9-10-26-13-17(24)19-22-20(27-23-19)16-5-3-2-4-6-16/h2-8,12,17H,9-11,13H2,1H3/t17-/m1/s1. The number of carbonyl (C=O) groups is 1. The number of carbonyl (C=O) groups excluding carboxylic acids is 1. The molecule has 0 spiro atoms. The molecule has 0 radical (unpaired) electrons. The second kappa shape index (κ2) is 7.67. The molecule has 1 amide bonds. The number of benzene rings is 1. The minimum Gasteiger partial charge on any atom is -0.377 e. The molecule has 7 heteroatoms. The molecule has 1 fully saturated rings. The van der Waals surface area contributed by atoms with Crippen molar-refractivity contribution in [2.24, 2.45) is 0 Å². The van der Waals surface area contributed by atoms with Crippen LogP contribution in [0.1, 0.15) is 23.1 Å². The van der Waals surface area contributed by atoms with Crippen LogP contribution in [0.25, 0.3) is 11.5 Å². The summed E-state index contributed by atoms with van der Waals surface area (Å²) in [6.45, 7) is 3.27. The third kappa shape index (κ3) is 3.88. The lowest BCUT2D eigenvalue weighted by Gasteiger charge is -2.33. The van der Waals surface area contributed by atoms with E-state index in [9.17, 15) is 4.79 Å². The van der Waals surface area contributed by atoms with Gasteiger partial charge in [-0.25, -0.2) is 0 Å². The van der Waals surface area contributed by atoms with Crippen molar-refractivity contribution in [3.63, 3.8) is 0 Å². The van der Waals surface area contributed by atoms with Crippen molar-refractivity contribution in [3.05, 3.63) is 65.7 Å². The molecule has 1 saturated heterocycles. The topological polar surface area (TPSA) is 81.4 Å². The summed E-state index contributed by atoms with van der Waals surface area (Å²) in [6.07, 6.45) is 2.03. The lowest BCUT2D eigenvalue weighted by molar-refractivity contribution is -0.139. The number of aryl methyl sites for hydroxylation is 1. The van der Waals surface area contributed by atoms with E-state index in [1.54, 1.807) is 11.1 Å². The van der Waals surface area contributed by atoms with Gasteiger partial charge in [-0.3, -0.25) is 9.78 Å². The van der Waals surface area contributed by atoms with Crippen LogP contribution in [0.5, 0.6) is 0 Å². The maximum absolute atomic E-state index is 12.9. The number of hydrogen-bond acceptors (Lipinski definition) is 6. The highest BCUT2D eigenvalue weighted by Gasteiger charge is 2.32. The van der Waals surface area contributed by atoms with Crippen LogP contribution in [0.3, 0.4) is 0 Å². The number of rotatable bonds is 4. The van der Waals surface area contributed by atoms with Crippen molar-refractivity contribution in [2.45, 2.75) is 19.4 Å². The van der Waals surface area contributed by atoms with Crippen molar-refractivity contribution in [1.82, 2.24) is 20.0 Å². The molecule has 1 atom stereocenters. The van der Waals surface area contributed by atoms with Crippen molar-refractivity contribution in [1.29, 1.82) is 0 Å². The SMILES string of the molecule is Cc1ccc(CC(=O)N2CCOC[C@@H]2c2noc(-c3ccccc3)n2)cn1. The molecule has 138 valence electrons. The van der Waals surface area contributed by atoms with E-state index in [1.807, 2.05) is 49.4 Å². The smallest absolute Gasteiger partial charge is 0.257 e. The van der Waals surface area contributed by atoms with E-state index in [0.29, 0.717) is 31.5 Å². The molecule has 4 rings (SSSR count). The average Bonchev–Trinajstić information content (AvgIpc) is 3.20. The number of ether oxygens (including phenoxy) is 1. The van der Waals surface area contributed by atoms with Gasteiger partial charge in [0.2, 0.25) is 5.91 Å². The molecular weight excluding hydrogens is 344 g/mol. The van der Waals surface area contributed by atoms with Crippen LogP contribution in [0.2, 0.25) is 0 Å². The third-order valence-corrected chi connectivity index (χ3v) is 4.54.